The summed E-state index contributed by atoms with van der Waals surface area (Å²) in [6, 6.07) is 4.21. The molecule has 1 aromatic carbocycles. The van der Waals surface area contributed by atoms with Crippen molar-refractivity contribution in [2.24, 2.45) is 11.8 Å². The molecule has 9 nitrogen and oxygen atoms in total. The summed E-state index contributed by atoms with van der Waals surface area (Å²) in [5.41, 5.74) is 0.0960. The van der Waals surface area contributed by atoms with Crippen LogP contribution in [0.1, 0.15) is 42.4 Å². The van der Waals surface area contributed by atoms with Crippen molar-refractivity contribution in [3.8, 4) is 5.75 Å². The Morgan fingerprint density at radius 1 is 1.24 bits per heavy atom. The average molecular weight is 423 g/mol. The molecule has 2 unspecified atom stereocenters. The van der Waals surface area contributed by atoms with E-state index in [2.05, 4.69) is 10.2 Å². The number of aromatic nitrogens is 2. The number of benzene rings is 1. The molecule has 2 atom stereocenters. The first kappa shape index (κ1) is 21.3. The molecule has 0 aliphatic carbocycles. The molecule has 1 aromatic heterocycles. The van der Waals surface area contributed by atoms with Gasteiger partial charge in [0.2, 0.25) is 15.9 Å². The Kier molecular flexibility index (Phi) is 6.23. The van der Waals surface area contributed by atoms with Crippen molar-refractivity contribution in [1.29, 1.82) is 0 Å². The van der Waals surface area contributed by atoms with Crippen LogP contribution in [0.2, 0.25) is 0 Å². The second-order valence-electron chi connectivity index (χ2n) is 7.42. The van der Waals surface area contributed by atoms with Crippen LogP contribution in [-0.2, 0) is 21.4 Å². The van der Waals surface area contributed by atoms with Gasteiger partial charge in [-0.05, 0) is 36.5 Å². The maximum Gasteiger partial charge on any atom is 0.338 e. The first-order chi connectivity index (χ1) is 13.7. The van der Waals surface area contributed by atoms with Gasteiger partial charge < -0.3 is 13.9 Å². The zero-order valence-corrected chi connectivity index (χ0v) is 17.7. The van der Waals surface area contributed by atoms with Crippen molar-refractivity contribution in [3.05, 3.63) is 35.5 Å². The van der Waals surface area contributed by atoms with Crippen molar-refractivity contribution in [3.63, 3.8) is 0 Å². The standard InChI is InChI=1S/C19H25N3O6S/c1-12-7-13(2)10-22(9-12)29(24,25)17-8-15(5-6-16(17)26-4)19(23)27-11-18-21-20-14(3)28-18/h5-6,8,12-13H,7,9-11H2,1-4H3. The first-order valence-electron chi connectivity index (χ1n) is 9.35. The summed E-state index contributed by atoms with van der Waals surface area (Å²) in [7, 11) is -2.44. The number of sulfonamides is 1. The minimum absolute atomic E-state index is 0.0515. The third-order valence-corrected chi connectivity index (χ3v) is 6.60. The van der Waals surface area contributed by atoms with Gasteiger partial charge >= 0.3 is 5.97 Å². The van der Waals surface area contributed by atoms with Gasteiger partial charge in [-0.1, -0.05) is 13.8 Å². The molecule has 1 aliphatic heterocycles. The van der Waals surface area contributed by atoms with Gasteiger partial charge in [0.05, 0.1) is 12.7 Å². The molecule has 2 aromatic rings. The number of hydrogen-bond acceptors (Lipinski definition) is 8. The quantitative estimate of drug-likeness (QED) is 0.651. The molecule has 29 heavy (non-hydrogen) atoms. The fourth-order valence-corrected chi connectivity index (χ4v) is 5.41. The van der Waals surface area contributed by atoms with Crippen molar-refractivity contribution in [2.75, 3.05) is 20.2 Å². The Morgan fingerprint density at radius 2 is 1.93 bits per heavy atom. The van der Waals surface area contributed by atoms with Gasteiger partial charge in [0.25, 0.3) is 5.89 Å². The van der Waals surface area contributed by atoms with E-state index < -0.39 is 16.0 Å². The molecule has 2 heterocycles. The molecule has 0 N–H and O–H groups in total. The van der Waals surface area contributed by atoms with E-state index in [0.717, 1.165) is 6.42 Å². The van der Waals surface area contributed by atoms with Crippen LogP contribution in [0, 0.1) is 18.8 Å². The number of rotatable bonds is 6. The monoisotopic (exact) mass is 423 g/mol. The molecular weight excluding hydrogens is 398 g/mol. The van der Waals surface area contributed by atoms with E-state index in [-0.39, 0.29) is 40.5 Å². The van der Waals surface area contributed by atoms with E-state index in [9.17, 15) is 13.2 Å². The van der Waals surface area contributed by atoms with Crippen LogP contribution in [0.4, 0.5) is 0 Å². The van der Waals surface area contributed by atoms with Gasteiger partial charge in [0, 0.05) is 20.0 Å². The summed E-state index contributed by atoms with van der Waals surface area (Å²) in [6.45, 7) is 6.35. The van der Waals surface area contributed by atoms with Crippen LogP contribution >= 0.6 is 0 Å². The molecule has 0 spiro atoms. The normalized spacial score (nSPS) is 20.4. The molecule has 0 bridgehead atoms. The topological polar surface area (TPSA) is 112 Å². The predicted octanol–water partition coefficient (Wildman–Crippen LogP) is 2.41. The number of ether oxygens (including phenoxy) is 2. The van der Waals surface area contributed by atoms with Gasteiger partial charge in [0.1, 0.15) is 10.6 Å². The lowest BCUT2D eigenvalue weighted by molar-refractivity contribution is 0.0436. The molecule has 0 radical (unpaired) electrons. The van der Waals surface area contributed by atoms with Crippen molar-refractivity contribution in [2.45, 2.75) is 38.7 Å². The zero-order valence-electron chi connectivity index (χ0n) is 16.9. The van der Waals surface area contributed by atoms with Gasteiger partial charge in [0.15, 0.2) is 6.61 Å². The highest BCUT2D eigenvalue weighted by molar-refractivity contribution is 7.89. The third-order valence-electron chi connectivity index (χ3n) is 4.75. The second-order valence-corrected chi connectivity index (χ2v) is 9.33. The molecule has 0 amide bonds. The Hall–Kier alpha value is -2.46. The highest BCUT2D eigenvalue weighted by atomic mass is 32.2. The lowest BCUT2D eigenvalue weighted by Gasteiger charge is -2.34. The van der Waals surface area contributed by atoms with Crippen LogP contribution in [0.25, 0.3) is 0 Å². The van der Waals surface area contributed by atoms with E-state index in [4.69, 9.17) is 13.9 Å². The third kappa shape index (κ3) is 4.76. The number of methoxy groups -OCH3 is 1. The summed E-state index contributed by atoms with van der Waals surface area (Å²) in [6.07, 6.45) is 0.977. The fourth-order valence-electron chi connectivity index (χ4n) is 3.55. The Bertz CT molecular complexity index is 978. The molecule has 1 fully saturated rings. The molecule has 158 valence electrons. The van der Waals surface area contributed by atoms with Crippen molar-refractivity contribution >= 4 is 16.0 Å². The molecule has 1 aliphatic rings. The van der Waals surface area contributed by atoms with Crippen LogP contribution in [0.3, 0.4) is 0 Å². The van der Waals surface area contributed by atoms with Gasteiger partial charge in [-0.15, -0.1) is 10.2 Å². The minimum Gasteiger partial charge on any atom is -0.495 e. The molecule has 0 saturated carbocycles. The largest absolute Gasteiger partial charge is 0.495 e. The Balaban J connectivity index is 1.85. The van der Waals surface area contributed by atoms with Crippen LogP contribution in [0.5, 0.6) is 5.75 Å². The van der Waals surface area contributed by atoms with Crippen molar-refractivity contribution < 1.29 is 27.1 Å². The van der Waals surface area contributed by atoms with Gasteiger partial charge in [-0.2, -0.15) is 4.31 Å². The molecule has 3 rings (SSSR count). The van der Waals surface area contributed by atoms with Crippen LogP contribution < -0.4 is 4.74 Å². The average Bonchev–Trinajstić information content (AvgIpc) is 3.10. The summed E-state index contributed by atoms with van der Waals surface area (Å²) < 4.78 is 43.6. The van der Waals surface area contributed by atoms with Gasteiger partial charge in [-0.25, -0.2) is 13.2 Å². The van der Waals surface area contributed by atoms with E-state index >= 15 is 0 Å². The fraction of sp³-hybridized carbons (Fsp3) is 0.526. The lowest BCUT2D eigenvalue weighted by atomic mass is 9.94. The number of nitrogens with zero attached hydrogens (tertiary/aromatic N) is 3. The maximum absolute atomic E-state index is 13.3. The van der Waals surface area contributed by atoms with Crippen LogP contribution in [0.15, 0.2) is 27.5 Å². The number of esters is 1. The zero-order chi connectivity index (χ0) is 21.2. The second kappa shape index (κ2) is 8.50. The number of carbonyl (C=O) groups excluding carboxylic acids is 1. The Labute approximate surface area is 170 Å². The number of aryl methyl sites for hydroxylation is 1. The van der Waals surface area contributed by atoms with E-state index in [1.54, 1.807) is 6.92 Å². The summed E-state index contributed by atoms with van der Waals surface area (Å²) >= 11 is 0. The molecular formula is C19H25N3O6S. The molecule has 10 heteroatoms. The van der Waals surface area contributed by atoms with Crippen molar-refractivity contribution in [1.82, 2.24) is 14.5 Å². The summed E-state index contributed by atoms with van der Waals surface area (Å²) in [5.74, 6) is 0.517. The SMILES string of the molecule is COc1ccc(C(=O)OCc2nnc(C)o2)cc1S(=O)(=O)N1CC(C)CC(C)C1. The summed E-state index contributed by atoms with van der Waals surface area (Å²) in [5, 5.41) is 7.42. The Morgan fingerprint density at radius 3 is 2.52 bits per heavy atom. The van der Waals surface area contributed by atoms with Gasteiger partial charge in [-0.3, -0.25) is 0 Å². The van der Waals surface area contributed by atoms with E-state index in [1.807, 2.05) is 13.8 Å². The van der Waals surface area contributed by atoms with Crippen LogP contribution in [-0.4, -0.2) is 49.1 Å². The maximum atomic E-state index is 13.3. The number of carbonyl (C=O) groups is 1. The first-order valence-corrected chi connectivity index (χ1v) is 10.8. The smallest absolute Gasteiger partial charge is 0.338 e. The van der Waals surface area contributed by atoms with E-state index in [0.29, 0.717) is 19.0 Å². The molecule has 1 saturated heterocycles. The highest BCUT2D eigenvalue weighted by Gasteiger charge is 2.34. The van der Waals surface area contributed by atoms with E-state index in [1.165, 1.54) is 29.6 Å². The predicted molar refractivity (Wildman–Crippen MR) is 103 cm³/mol. The number of hydrogen-bond donors (Lipinski definition) is 0. The minimum atomic E-state index is -3.83. The number of piperidine rings is 1. The highest BCUT2D eigenvalue weighted by Crippen LogP contribution is 2.32. The summed E-state index contributed by atoms with van der Waals surface area (Å²) in [4.78, 5) is 12.4. The lowest BCUT2D eigenvalue weighted by Crippen LogP contribution is -2.42.